The van der Waals surface area contributed by atoms with E-state index in [2.05, 4.69) is 15.6 Å². The molecule has 0 heterocycles. The summed E-state index contributed by atoms with van der Waals surface area (Å²) in [6.07, 6.45) is -5.08. The second-order valence-electron chi connectivity index (χ2n) is 4.98. The molecular formula is C16H24F3N3O2. The summed E-state index contributed by atoms with van der Waals surface area (Å²) < 4.78 is 47.0. The highest BCUT2D eigenvalue weighted by Crippen LogP contribution is 2.18. The third kappa shape index (κ3) is 9.24. The molecule has 8 heteroatoms. The molecule has 0 atom stereocenters. The molecule has 0 aromatic heterocycles. The lowest BCUT2D eigenvalue weighted by Gasteiger charge is -2.12. The summed E-state index contributed by atoms with van der Waals surface area (Å²) in [7, 11) is 1.60. The van der Waals surface area contributed by atoms with Crippen molar-refractivity contribution in [1.29, 1.82) is 0 Å². The van der Waals surface area contributed by atoms with Crippen LogP contribution in [-0.2, 0) is 11.3 Å². The number of guanidine groups is 1. The van der Waals surface area contributed by atoms with Gasteiger partial charge in [0.25, 0.3) is 0 Å². The van der Waals surface area contributed by atoms with Gasteiger partial charge >= 0.3 is 6.18 Å². The second-order valence-corrected chi connectivity index (χ2v) is 4.98. The van der Waals surface area contributed by atoms with E-state index in [0.717, 1.165) is 5.56 Å². The van der Waals surface area contributed by atoms with Gasteiger partial charge in [-0.05, 0) is 24.6 Å². The second kappa shape index (κ2) is 10.7. The number of benzene rings is 1. The quantitative estimate of drug-likeness (QED) is 0.410. The Hall–Kier alpha value is -1.96. The van der Waals surface area contributed by atoms with Crippen molar-refractivity contribution >= 4 is 5.96 Å². The van der Waals surface area contributed by atoms with Gasteiger partial charge < -0.3 is 20.1 Å². The normalized spacial score (nSPS) is 12.1. The number of halogens is 3. The van der Waals surface area contributed by atoms with Crippen molar-refractivity contribution in [3.8, 4) is 5.75 Å². The van der Waals surface area contributed by atoms with E-state index in [1.807, 2.05) is 31.2 Å². The standard InChI is InChI=1S/C16H24F3N3O2/c1-3-20-15(21-8-7-16(17,18)19)22-12-13-5-4-6-14(11-13)24-10-9-23-2/h4-6,11H,3,7-10,12H2,1-2H3,(H2,20,21,22). The van der Waals surface area contributed by atoms with Crippen LogP contribution in [0.4, 0.5) is 13.2 Å². The maximum atomic E-state index is 12.2. The molecule has 2 N–H and O–H groups in total. The van der Waals surface area contributed by atoms with Crippen molar-refractivity contribution in [1.82, 2.24) is 10.6 Å². The number of hydrogen-bond donors (Lipinski definition) is 2. The summed E-state index contributed by atoms with van der Waals surface area (Å²) in [5.74, 6) is 1.06. The van der Waals surface area contributed by atoms with Crippen molar-refractivity contribution in [2.45, 2.75) is 26.1 Å². The van der Waals surface area contributed by atoms with Gasteiger partial charge in [0.05, 0.1) is 19.6 Å². The minimum absolute atomic E-state index is 0.213. The fraction of sp³-hybridized carbons (Fsp3) is 0.562. The molecule has 0 aliphatic rings. The van der Waals surface area contributed by atoms with E-state index in [-0.39, 0.29) is 6.54 Å². The largest absolute Gasteiger partial charge is 0.491 e. The predicted molar refractivity (Wildman–Crippen MR) is 87.3 cm³/mol. The first kappa shape index (κ1) is 20.1. The summed E-state index contributed by atoms with van der Waals surface area (Å²) in [6, 6.07) is 7.40. The van der Waals surface area contributed by atoms with E-state index < -0.39 is 12.6 Å². The van der Waals surface area contributed by atoms with Gasteiger partial charge in [-0.15, -0.1) is 0 Å². The SMILES string of the molecule is CCNC(=NCc1cccc(OCCOC)c1)NCCC(F)(F)F. The molecule has 5 nitrogen and oxygen atoms in total. The van der Waals surface area contributed by atoms with Crippen LogP contribution >= 0.6 is 0 Å². The summed E-state index contributed by atoms with van der Waals surface area (Å²) in [4.78, 5) is 4.29. The highest BCUT2D eigenvalue weighted by Gasteiger charge is 2.26. The van der Waals surface area contributed by atoms with Crippen LogP contribution in [0.2, 0.25) is 0 Å². The molecule has 1 aromatic rings. The van der Waals surface area contributed by atoms with Gasteiger partial charge in [0.2, 0.25) is 0 Å². The molecule has 0 unspecified atom stereocenters. The van der Waals surface area contributed by atoms with Gasteiger partial charge in [-0.1, -0.05) is 12.1 Å². The van der Waals surface area contributed by atoms with Crippen LogP contribution < -0.4 is 15.4 Å². The zero-order valence-corrected chi connectivity index (χ0v) is 13.9. The fourth-order valence-electron chi connectivity index (χ4n) is 1.81. The summed E-state index contributed by atoms with van der Waals surface area (Å²) in [5.41, 5.74) is 0.901. The van der Waals surface area contributed by atoms with Gasteiger partial charge in [0.1, 0.15) is 12.4 Å². The van der Waals surface area contributed by atoms with Crippen LogP contribution in [0.5, 0.6) is 5.75 Å². The number of hydrogen-bond acceptors (Lipinski definition) is 3. The van der Waals surface area contributed by atoms with Crippen molar-refractivity contribution in [3.63, 3.8) is 0 Å². The third-order valence-electron chi connectivity index (χ3n) is 2.92. The van der Waals surface area contributed by atoms with Crippen LogP contribution in [0, 0.1) is 0 Å². The first-order valence-corrected chi connectivity index (χ1v) is 7.74. The third-order valence-corrected chi connectivity index (χ3v) is 2.92. The molecule has 1 rings (SSSR count). The zero-order valence-electron chi connectivity index (χ0n) is 13.9. The monoisotopic (exact) mass is 347 g/mol. The van der Waals surface area contributed by atoms with Gasteiger partial charge in [-0.2, -0.15) is 13.2 Å². The molecule has 0 bridgehead atoms. The van der Waals surface area contributed by atoms with E-state index in [1.165, 1.54) is 0 Å². The van der Waals surface area contributed by atoms with Crippen LogP contribution in [-0.4, -0.2) is 45.5 Å². The Labute approximate surface area is 140 Å². The van der Waals surface area contributed by atoms with E-state index >= 15 is 0 Å². The molecule has 0 aliphatic carbocycles. The first-order chi connectivity index (χ1) is 11.4. The summed E-state index contributed by atoms with van der Waals surface area (Å²) in [6.45, 7) is 3.49. The van der Waals surface area contributed by atoms with Crippen molar-refractivity contribution in [3.05, 3.63) is 29.8 Å². The molecule has 0 saturated heterocycles. The maximum absolute atomic E-state index is 12.2. The fourth-order valence-corrected chi connectivity index (χ4v) is 1.81. The molecule has 0 amide bonds. The number of rotatable bonds is 9. The Bertz CT molecular complexity index is 508. The lowest BCUT2D eigenvalue weighted by atomic mass is 10.2. The average molecular weight is 347 g/mol. The molecule has 136 valence electrons. The van der Waals surface area contributed by atoms with Crippen molar-refractivity contribution < 1.29 is 22.6 Å². The van der Waals surface area contributed by atoms with E-state index in [9.17, 15) is 13.2 Å². The number of aliphatic imine (C=N–C) groups is 1. The van der Waals surface area contributed by atoms with E-state index in [4.69, 9.17) is 9.47 Å². The lowest BCUT2D eigenvalue weighted by molar-refractivity contribution is -0.132. The Morgan fingerprint density at radius 3 is 2.67 bits per heavy atom. The Morgan fingerprint density at radius 1 is 1.21 bits per heavy atom. The number of nitrogens with one attached hydrogen (secondary N) is 2. The smallest absolute Gasteiger partial charge is 0.390 e. The van der Waals surface area contributed by atoms with Crippen LogP contribution in [0.1, 0.15) is 18.9 Å². The van der Waals surface area contributed by atoms with E-state index in [1.54, 1.807) is 7.11 Å². The van der Waals surface area contributed by atoms with Gasteiger partial charge in [-0.3, -0.25) is 0 Å². The van der Waals surface area contributed by atoms with Crippen LogP contribution in [0.25, 0.3) is 0 Å². The topological polar surface area (TPSA) is 54.9 Å². The predicted octanol–water partition coefficient (Wildman–Crippen LogP) is 2.72. The van der Waals surface area contributed by atoms with Crippen molar-refractivity contribution in [2.75, 3.05) is 33.4 Å². The zero-order chi connectivity index (χ0) is 17.8. The molecule has 0 radical (unpaired) electrons. The minimum Gasteiger partial charge on any atom is -0.491 e. The summed E-state index contributed by atoms with van der Waals surface area (Å²) in [5, 5.41) is 5.59. The summed E-state index contributed by atoms with van der Waals surface area (Å²) >= 11 is 0. The Balaban J connectivity index is 2.56. The maximum Gasteiger partial charge on any atom is 0.390 e. The molecular weight excluding hydrogens is 323 g/mol. The number of nitrogens with zero attached hydrogens (tertiary/aromatic N) is 1. The highest BCUT2D eigenvalue weighted by atomic mass is 19.4. The van der Waals surface area contributed by atoms with Gasteiger partial charge in [0, 0.05) is 20.2 Å². The Morgan fingerprint density at radius 2 is 2.00 bits per heavy atom. The molecule has 0 fully saturated rings. The Kier molecular flexibility index (Phi) is 8.99. The highest BCUT2D eigenvalue weighted by molar-refractivity contribution is 5.79. The number of alkyl halides is 3. The molecule has 24 heavy (non-hydrogen) atoms. The van der Waals surface area contributed by atoms with Crippen LogP contribution in [0.15, 0.2) is 29.3 Å². The van der Waals surface area contributed by atoms with Gasteiger partial charge in [0.15, 0.2) is 5.96 Å². The van der Waals surface area contributed by atoms with E-state index in [0.29, 0.717) is 38.0 Å². The number of methoxy groups -OCH3 is 1. The minimum atomic E-state index is -4.18. The molecule has 1 aromatic carbocycles. The van der Waals surface area contributed by atoms with Gasteiger partial charge in [-0.25, -0.2) is 4.99 Å². The average Bonchev–Trinajstić information content (AvgIpc) is 2.52. The van der Waals surface area contributed by atoms with Crippen molar-refractivity contribution in [2.24, 2.45) is 4.99 Å². The molecule has 0 spiro atoms. The number of ether oxygens (including phenoxy) is 2. The molecule has 0 saturated carbocycles. The molecule has 0 aliphatic heterocycles. The lowest BCUT2D eigenvalue weighted by Crippen LogP contribution is -2.38. The van der Waals surface area contributed by atoms with Crippen LogP contribution in [0.3, 0.4) is 0 Å². The first-order valence-electron chi connectivity index (χ1n) is 7.74.